The Morgan fingerprint density at radius 3 is 2.45 bits per heavy atom. The van der Waals surface area contributed by atoms with Crippen molar-refractivity contribution in [2.75, 3.05) is 5.75 Å². The lowest BCUT2D eigenvalue weighted by molar-refractivity contribution is 0.466. The second kappa shape index (κ2) is 6.49. The van der Waals surface area contributed by atoms with E-state index in [0.717, 1.165) is 22.3 Å². The first-order valence-electron chi connectivity index (χ1n) is 7.20. The molecule has 0 aliphatic carbocycles. The first-order valence-corrected chi connectivity index (χ1v) is 8.19. The highest BCUT2D eigenvalue weighted by Gasteiger charge is 2.14. The number of nitrogens with zero attached hydrogens (tertiary/aromatic N) is 1. The number of thioether (sulfide) groups is 1. The molecule has 0 N–H and O–H groups in total. The Balaban J connectivity index is 2.08. The van der Waals surface area contributed by atoms with E-state index >= 15 is 0 Å². The maximum absolute atomic E-state index is 5.79. The zero-order valence-corrected chi connectivity index (χ0v) is 13.6. The third-order valence-corrected chi connectivity index (χ3v) is 4.17. The lowest BCUT2D eigenvalue weighted by Crippen LogP contribution is -2.10. The lowest BCUT2D eigenvalue weighted by atomic mass is 9.86. The van der Waals surface area contributed by atoms with Gasteiger partial charge in [0, 0.05) is 11.3 Å². The minimum atomic E-state index is 0.182. The summed E-state index contributed by atoms with van der Waals surface area (Å²) in [5.74, 6) is 1.92. The van der Waals surface area contributed by atoms with Gasteiger partial charge in [-0.3, -0.25) is 0 Å². The molecule has 0 fully saturated rings. The van der Waals surface area contributed by atoms with Crippen molar-refractivity contribution >= 4 is 11.8 Å². The van der Waals surface area contributed by atoms with Crippen LogP contribution in [0.1, 0.15) is 46.1 Å². The van der Waals surface area contributed by atoms with Crippen molar-refractivity contribution in [3.8, 4) is 11.3 Å². The summed E-state index contributed by atoms with van der Waals surface area (Å²) in [7, 11) is 0. The Morgan fingerprint density at radius 1 is 1.15 bits per heavy atom. The van der Waals surface area contributed by atoms with Gasteiger partial charge in [-0.1, -0.05) is 70.1 Å². The van der Waals surface area contributed by atoms with Crippen molar-refractivity contribution in [2.24, 2.45) is 0 Å². The van der Waals surface area contributed by atoms with E-state index in [1.807, 2.05) is 6.20 Å². The second-order valence-electron chi connectivity index (χ2n) is 6.02. The Morgan fingerprint density at radius 2 is 1.85 bits per heavy atom. The molecule has 0 amide bonds. The summed E-state index contributed by atoms with van der Waals surface area (Å²) >= 11 is 1.69. The molecule has 20 heavy (non-hydrogen) atoms. The van der Waals surface area contributed by atoms with Crippen LogP contribution in [0.25, 0.3) is 11.3 Å². The zero-order valence-electron chi connectivity index (χ0n) is 12.8. The first-order chi connectivity index (χ1) is 9.50. The fraction of sp³-hybridized carbons (Fsp3) is 0.471. The van der Waals surface area contributed by atoms with Crippen LogP contribution in [0.2, 0.25) is 0 Å². The highest BCUT2D eigenvalue weighted by atomic mass is 32.2. The van der Waals surface area contributed by atoms with Gasteiger partial charge in [0.2, 0.25) is 0 Å². The Labute approximate surface area is 126 Å². The van der Waals surface area contributed by atoms with Crippen molar-refractivity contribution in [3.63, 3.8) is 0 Å². The SMILES string of the molecule is CCCCSc1ncc(-c2ccc(C(C)(C)C)cc2)o1. The van der Waals surface area contributed by atoms with Gasteiger partial charge >= 0.3 is 0 Å². The predicted octanol–water partition coefficient (Wildman–Crippen LogP) is 5.53. The smallest absolute Gasteiger partial charge is 0.256 e. The molecule has 1 heterocycles. The molecule has 2 aromatic rings. The molecular weight excluding hydrogens is 266 g/mol. The molecule has 1 aromatic heterocycles. The van der Waals surface area contributed by atoms with Gasteiger partial charge in [0.15, 0.2) is 5.76 Å². The van der Waals surface area contributed by atoms with Crippen molar-refractivity contribution in [2.45, 2.75) is 51.2 Å². The molecular formula is C17H23NOS. The Kier molecular flexibility index (Phi) is 4.92. The number of unbranched alkanes of at least 4 members (excludes halogenated alkanes) is 1. The van der Waals surface area contributed by atoms with Gasteiger partial charge in [0.05, 0.1) is 6.20 Å². The molecule has 1 aromatic carbocycles. The summed E-state index contributed by atoms with van der Waals surface area (Å²) in [5, 5.41) is 0.772. The highest BCUT2D eigenvalue weighted by Crippen LogP contribution is 2.28. The zero-order chi connectivity index (χ0) is 14.6. The number of hydrogen-bond acceptors (Lipinski definition) is 3. The van der Waals surface area contributed by atoms with Crippen LogP contribution in [0.4, 0.5) is 0 Å². The summed E-state index contributed by atoms with van der Waals surface area (Å²) < 4.78 is 5.79. The summed E-state index contributed by atoms with van der Waals surface area (Å²) in [4.78, 5) is 4.33. The second-order valence-corrected chi connectivity index (χ2v) is 7.07. The fourth-order valence-electron chi connectivity index (χ4n) is 1.90. The van der Waals surface area contributed by atoms with Crippen molar-refractivity contribution in [3.05, 3.63) is 36.0 Å². The molecule has 2 nitrogen and oxygen atoms in total. The maximum Gasteiger partial charge on any atom is 0.256 e. The third kappa shape index (κ3) is 3.89. The summed E-state index contributed by atoms with van der Waals surface area (Å²) in [5.41, 5.74) is 2.60. The molecule has 0 saturated heterocycles. The van der Waals surface area contributed by atoms with Gasteiger partial charge in [0.25, 0.3) is 5.22 Å². The van der Waals surface area contributed by atoms with Crippen LogP contribution < -0.4 is 0 Å². The molecule has 0 radical (unpaired) electrons. The molecule has 0 aliphatic rings. The van der Waals surface area contributed by atoms with Gasteiger partial charge in [0.1, 0.15) is 0 Å². The molecule has 0 bridgehead atoms. The summed E-state index contributed by atoms with van der Waals surface area (Å²) in [6, 6.07) is 8.56. The fourth-order valence-corrected chi connectivity index (χ4v) is 2.78. The monoisotopic (exact) mass is 289 g/mol. The Hall–Kier alpha value is -1.22. The molecule has 0 spiro atoms. The molecule has 3 heteroatoms. The average molecular weight is 289 g/mol. The number of hydrogen-bond donors (Lipinski definition) is 0. The molecule has 0 unspecified atom stereocenters. The summed E-state index contributed by atoms with van der Waals surface area (Å²) in [6.07, 6.45) is 4.22. The normalized spacial score (nSPS) is 11.8. The topological polar surface area (TPSA) is 26.0 Å². The van der Waals surface area contributed by atoms with E-state index in [4.69, 9.17) is 4.42 Å². The average Bonchev–Trinajstić information content (AvgIpc) is 2.87. The third-order valence-electron chi connectivity index (χ3n) is 3.24. The minimum Gasteiger partial charge on any atom is -0.431 e. The number of oxazole rings is 1. The van der Waals surface area contributed by atoms with E-state index in [9.17, 15) is 0 Å². The van der Waals surface area contributed by atoms with Crippen molar-refractivity contribution < 1.29 is 4.42 Å². The van der Waals surface area contributed by atoms with E-state index in [1.165, 1.54) is 18.4 Å². The highest BCUT2D eigenvalue weighted by molar-refractivity contribution is 7.99. The predicted molar refractivity (Wildman–Crippen MR) is 86.3 cm³/mol. The van der Waals surface area contributed by atoms with E-state index in [2.05, 4.69) is 56.9 Å². The van der Waals surface area contributed by atoms with Gasteiger partial charge in [-0.2, -0.15) is 0 Å². The molecule has 108 valence electrons. The minimum absolute atomic E-state index is 0.182. The van der Waals surface area contributed by atoms with Crippen LogP contribution in [0.3, 0.4) is 0 Å². The van der Waals surface area contributed by atoms with Crippen LogP contribution in [-0.4, -0.2) is 10.7 Å². The van der Waals surface area contributed by atoms with Gasteiger partial charge in [-0.25, -0.2) is 4.98 Å². The van der Waals surface area contributed by atoms with Crippen molar-refractivity contribution in [1.29, 1.82) is 0 Å². The van der Waals surface area contributed by atoms with Crippen LogP contribution in [0, 0.1) is 0 Å². The van der Waals surface area contributed by atoms with E-state index in [1.54, 1.807) is 11.8 Å². The van der Waals surface area contributed by atoms with Crippen LogP contribution in [-0.2, 0) is 5.41 Å². The van der Waals surface area contributed by atoms with Crippen molar-refractivity contribution in [1.82, 2.24) is 4.98 Å². The van der Waals surface area contributed by atoms with Crippen LogP contribution in [0.15, 0.2) is 40.1 Å². The standard InChI is InChI=1S/C17H23NOS/c1-5-6-11-20-16-18-12-15(19-16)13-7-9-14(10-8-13)17(2,3)4/h7-10,12H,5-6,11H2,1-4H3. The Bertz CT molecular complexity index is 537. The maximum atomic E-state index is 5.79. The molecule has 0 aliphatic heterocycles. The summed E-state index contributed by atoms with van der Waals surface area (Å²) in [6.45, 7) is 8.86. The van der Waals surface area contributed by atoms with E-state index in [-0.39, 0.29) is 5.41 Å². The molecule has 2 rings (SSSR count). The number of rotatable bonds is 5. The van der Waals surface area contributed by atoms with E-state index < -0.39 is 0 Å². The number of benzene rings is 1. The number of aromatic nitrogens is 1. The molecule has 0 saturated carbocycles. The van der Waals surface area contributed by atoms with Gasteiger partial charge in [-0.15, -0.1) is 0 Å². The van der Waals surface area contributed by atoms with Crippen LogP contribution in [0.5, 0.6) is 0 Å². The first kappa shape index (κ1) is 15.2. The molecule has 0 atom stereocenters. The quantitative estimate of drug-likeness (QED) is 0.534. The van der Waals surface area contributed by atoms with Crippen LogP contribution >= 0.6 is 11.8 Å². The largest absolute Gasteiger partial charge is 0.431 e. The van der Waals surface area contributed by atoms with E-state index in [0.29, 0.717) is 0 Å². The lowest BCUT2D eigenvalue weighted by Gasteiger charge is -2.18. The van der Waals surface area contributed by atoms with Gasteiger partial charge < -0.3 is 4.42 Å². The van der Waals surface area contributed by atoms with Gasteiger partial charge in [-0.05, 0) is 17.4 Å².